The summed E-state index contributed by atoms with van der Waals surface area (Å²) in [4.78, 5) is 15.2. The van der Waals surface area contributed by atoms with E-state index in [0.717, 1.165) is 23.4 Å². The van der Waals surface area contributed by atoms with Gasteiger partial charge in [0, 0.05) is 13.0 Å². The topological polar surface area (TPSA) is 49.8 Å². The van der Waals surface area contributed by atoms with Crippen molar-refractivity contribution in [2.75, 3.05) is 27.2 Å². The van der Waals surface area contributed by atoms with E-state index in [4.69, 9.17) is 4.74 Å². The Morgan fingerprint density at radius 2 is 1.93 bits per heavy atom. The van der Waals surface area contributed by atoms with E-state index in [-0.39, 0.29) is 5.78 Å². The van der Waals surface area contributed by atoms with Gasteiger partial charge in [0.1, 0.15) is 17.1 Å². The number of benzene rings is 1. The average molecular weight is 374 g/mol. The third-order valence-electron chi connectivity index (χ3n) is 5.28. The fourth-order valence-electron chi connectivity index (χ4n) is 3.09. The summed E-state index contributed by atoms with van der Waals surface area (Å²) >= 11 is 0. The molecule has 0 aliphatic heterocycles. The molecule has 0 aromatic heterocycles. The maximum Gasteiger partial charge on any atom is 0.144 e. The van der Waals surface area contributed by atoms with Crippen molar-refractivity contribution in [2.45, 2.75) is 46.1 Å². The minimum absolute atomic E-state index is 0.0515. The number of methoxy groups -OCH3 is 1. The van der Waals surface area contributed by atoms with Crippen LogP contribution >= 0.6 is 0 Å². The molecule has 0 aliphatic rings. The molecule has 0 radical (unpaired) electrons. The summed E-state index contributed by atoms with van der Waals surface area (Å²) in [5.41, 5.74) is 0.657. The molecule has 4 nitrogen and oxygen atoms in total. The molecule has 0 saturated heterocycles. The molecule has 27 heavy (non-hydrogen) atoms. The van der Waals surface area contributed by atoms with Crippen LogP contribution < -0.4 is 4.74 Å². The third kappa shape index (κ3) is 6.33. The first-order chi connectivity index (χ1) is 12.8. The molecule has 0 saturated carbocycles. The summed E-state index contributed by atoms with van der Waals surface area (Å²) in [7, 11) is 3.59. The number of Topliss-reactive ketones (excluding diaryl/α,β-unsaturated/α-hetero) is 1. The number of ketones is 1. The van der Waals surface area contributed by atoms with Crippen molar-refractivity contribution >= 4 is 5.78 Å². The van der Waals surface area contributed by atoms with Crippen LogP contribution in [0.2, 0.25) is 0 Å². The Balaban J connectivity index is 3.19. The first-order valence-corrected chi connectivity index (χ1v) is 9.69. The maximum atomic E-state index is 13.1. The van der Waals surface area contributed by atoms with Gasteiger partial charge in [-0.2, -0.15) is 0 Å². The highest BCUT2D eigenvalue weighted by atomic mass is 16.5. The Kier molecular flexibility index (Phi) is 9.47. The van der Waals surface area contributed by atoms with E-state index in [0.29, 0.717) is 19.4 Å². The van der Waals surface area contributed by atoms with Crippen molar-refractivity contribution in [1.82, 2.24) is 4.90 Å². The normalized spacial score (nSPS) is 15.8. The Morgan fingerprint density at radius 3 is 2.41 bits per heavy atom. The summed E-state index contributed by atoms with van der Waals surface area (Å²) in [5.74, 6) is 0.280. The Hall–Kier alpha value is -1.91. The van der Waals surface area contributed by atoms with Crippen LogP contribution in [0.3, 0.4) is 0 Å². The lowest BCUT2D eigenvalue weighted by Crippen LogP contribution is -2.45. The maximum absolute atomic E-state index is 13.1. The number of carbonyl (C=O) groups is 1. The van der Waals surface area contributed by atoms with Crippen molar-refractivity contribution in [1.29, 1.82) is 0 Å². The molecule has 1 aromatic carbocycles. The van der Waals surface area contributed by atoms with Crippen LogP contribution in [-0.4, -0.2) is 43.0 Å². The zero-order valence-electron chi connectivity index (χ0n) is 17.7. The second-order valence-corrected chi connectivity index (χ2v) is 7.02. The minimum atomic E-state index is -1.21. The molecule has 1 rings (SSSR count). The molecule has 150 valence electrons. The predicted molar refractivity (Wildman–Crippen MR) is 112 cm³/mol. The number of nitrogens with zero attached hydrogens (tertiary/aromatic N) is 1. The lowest BCUT2D eigenvalue weighted by molar-refractivity contribution is -0.134. The number of aliphatic hydroxyl groups is 1. The smallest absolute Gasteiger partial charge is 0.144 e. The largest absolute Gasteiger partial charge is 0.497 e. The minimum Gasteiger partial charge on any atom is -0.497 e. The number of carbonyl (C=O) groups excluding carboxylic acids is 1. The van der Waals surface area contributed by atoms with Gasteiger partial charge in [0.25, 0.3) is 0 Å². The monoisotopic (exact) mass is 373 g/mol. The van der Waals surface area contributed by atoms with Gasteiger partial charge in [-0.3, -0.25) is 4.79 Å². The molecule has 4 heteroatoms. The Morgan fingerprint density at radius 1 is 1.30 bits per heavy atom. The molecule has 2 atom stereocenters. The zero-order chi connectivity index (χ0) is 20.4. The SMILES string of the molecule is C/C=C(C)\C=C/CC(=O)C(CN(C)CC)C(O)(CC)c1ccc(OC)cc1. The quantitative estimate of drug-likeness (QED) is 0.586. The zero-order valence-corrected chi connectivity index (χ0v) is 17.7. The molecular formula is C23H35NO3. The van der Waals surface area contributed by atoms with Gasteiger partial charge in [-0.1, -0.05) is 49.8 Å². The van der Waals surface area contributed by atoms with E-state index in [1.54, 1.807) is 7.11 Å². The number of allylic oxidation sites excluding steroid dienone is 4. The lowest BCUT2D eigenvalue weighted by Gasteiger charge is -2.37. The first kappa shape index (κ1) is 23.1. The Bertz CT molecular complexity index is 648. The number of rotatable bonds is 11. The average Bonchev–Trinajstić information content (AvgIpc) is 2.70. The lowest BCUT2D eigenvalue weighted by atomic mass is 9.76. The van der Waals surface area contributed by atoms with E-state index >= 15 is 0 Å². The summed E-state index contributed by atoms with van der Waals surface area (Å²) in [6, 6.07) is 7.37. The van der Waals surface area contributed by atoms with Crippen molar-refractivity contribution in [3.05, 3.63) is 53.6 Å². The van der Waals surface area contributed by atoms with Crippen LogP contribution in [0.4, 0.5) is 0 Å². The van der Waals surface area contributed by atoms with Crippen molar-refractivity contribution in [3.8, 4) is 5.75 Å². The highest BCUT2D eigenvalue weighted by Gasteiger charge is 2.41. The number of ether oxygens (including phenoxy) is 1. The molecule has 1 aromatic rings. The van der Waals surface area contributed by atoms with Crippen LogP contribution in [0, 0.1) is 5.92 Å². The summed E-state index contributed by atoms with van der Waals surface area (Å²) in [6.07, 6.45) is 6.62. The summed E-state index contributed by atoms with van der Waals surface area (Å²) in [5, 5.41) is 11.6. The van der Waals surface area contributed by atoms with Gasteiger partial charge >= 0.3 is 0 Å². The van der Waals surface area contributed by atoms with Gasteiger partial charge in [0.15, 0.2) is 0 Å². The Labute approximate surface area is 164 Å². The van der Waals surface area contributed by atoms with Gasteiger partial charge in [0.05, 0.1) is 13.0 Å². The van der Waals surface area contributed by atoms with Crippen LogP contribution in [0.25, 0.3) is 0 Å². The van der Waals surface area contributed by atoms with Gasteiger partial charge < -0.3 is 14.7 Å². The van der Waals surface area contributed by atoms with Crippen molar-refractivity contribution in [2.24, 2.45) is 5.92 Å². The van der Waals surface area contributed by atoms with Crippen LogP contribution in [-0.2, 0) is 10.4 Å². The molecule has 0 amide bonds. The fraction of sp³-hybridized carbons (Fsp3) is 0.522. The van der Waals surface area contributed by atoms with E-state index in [9.17, 15) is 9.90 Å². The molecular weight excluding hydrogens is 338 g/mol. The molecule has 1 N–H and O–H groups in total. The van der Waals surface area contributed by atoms with Crippen molar-refractivity contribution in [3.63, 3.8) is 0 Å². The highest BCUT2D eigenvalue weighted by Crippen LogP contribution is 2.36. The first-order valence-electron chi connectivity index (χ1n) is 9.69. The van der Waals surface area contributed by atoms with Gasteiger partial charge in [-0.15, -0.1) is 0 Å². The number of hydrogen-bond donors (Lipinski definition) is 1. The van der Waals surface area contributed by atoms with Gasteiger partial charge in [-0.05, 0) is 51.6 Å². The van der Waals surface area contributed by atoms with Crippen molar-refractivity contribution < 1.29 is 14.6 Å². The molecule has 0 fully saturated rings. The van der Waals surface area contributed by atoms with Crippen LogP contribution in [0.15, 0.2) is 48.1 Å². The summed E-state index contributed by atoms with van der Waals surface area (Å²) < 4.78 is 5.22. The van der Waals surface area contributed by atoms with E-state index in [1.165, 1.54) is 0 Å². The predicted octanol–water partition coefficient (Wildman–Crippen LogP) is 4.34. The molecule has 0 spiro atoms. The fourth-order valence-corrected chi connectivity index (χ4v) is 3.09. The summed E-state index contributed by atoms with van der Waals surface area (Å²) in [6.45, 7) is 9.29. The van der Waals surface area contributed by atoms with Crippen LogP contribution in [0.1, 0.15) is 46.1 Å². The van der Waals surface area contributed by atoms with E-state index in [1.807, 2.05) is 70.3 Å². The molecule has 2 unspecified atom stereocenters. The molecule has 0 aliphatic carbocycles. The molecule has 0 bridgehead atoms. The highest BCUT2D eigenvalue weighted by molar-refractivity contribution is 5.84. The molecule has 0 heterocycles. The number of hydrogen-bond acceptors (Lipinski definition) is 4. The van der Waals surface area contributed by atoms with E-state index < -0.39 is 11.5 Å². The van der Waals surface area contributed by atoms with Crippen LogP contribution in [0.5, 0.6) is 5.75 Å². The van der Waals surface area contributed by atoms with Gasteiger partial charge in [-0.25, -0.2) is 0 Å². The second kappa shape index (κ2) is 11.1. The second-order valence-electron chi connectivity index (χ2n) is 7.02. The standard InChI is InChI=1S/C23H35NO3/c1-7-18(4)11-10-12-22(25)21(17-24(5)9-3)23(26,8-2)19-13-15-20(27-6)16-14-19/h7,10-11,13-16,21,26H,8-9,12,17H2,1-6H3/b11-10-,18-7-. The van der Waals surface area contributed by atoms with E-state index in [2.05, 4.69) is 11.8 Å². The third-order valence-corrected chi connectivity index (χ3v) is 5.28. The van der Waals surface area contributed by atoms with Gasteiger partial charge in [0.2, 0.25) is 0 Å².